The topological polar surface area (TPSA) is 72.5 Å². The summed E-state index contributed by atoms with van der Waals surface area (Å²) in [7, 11) is 0. The van der Waals surface area contributed by atoms with Crippen LogP contribution in [0.2, 0.25) is 0 Å². The fourth-order valence-electron chi connectivity index (χ4n) is 2.38. The lowest BCUT2D eigenvalue weighted by Gasteiger charge is -2.08. The van der Waals surface area contributed by atoms with E-state index in [2.05, 4.69) is 10.5 Å². The molecule has 3 rings (SSSR count). The van der Waals surface area contributed by atoms with E-state index >= 15 is 0 Å². The summed E-state index contributed by atoms with van der Waals surface area (Å²) in [5.41, 5.74) is 2.15. The minimum atomic E-state index is -4.66. The molecule has 0 aliphatic heterocycles. The first-order chi connectivity index (χ1) is 12.8. The number of para-hydroxylation sites is 1. The summed E-state index contributed by atoms with van der Waals surface area (Å²) in [4.78, 5) is 10.1. The number of nitrogens with zero attached hydrogens (tertiary/aromatic N) is 3. The average Bonchev–Trinajstić information content (AvgIpc) is 3.10. The van der Waals surface area contributed by atoms with Crippen LogP contribution >= 0.6 is 0 Å². The Balaban J connectivity index is 1.77. The van der Waals surface area contributed by atoms with Gasteiger partial charge in [0, 0.05) is 29.7 Å². The number of alkyl halides is 3. The molecule has 0 atom stereocenters. The van der Waals surface area contributed by atoms with Gasteiger partial charge in [-0.05, 0) is 30.3 Å². The average molecular weight is 374 g/mol. The Morgan fingerprint density at radius 1 is 1.11 bits per heavy atom. The molecule has 0 saturated heterocycles. The van der Waals surface area contributed by atoms with Gasteiger partial charge in [0.05, 0.1) is 16.7 Å². The Bertz CT molecular complexity index is 982. The van der Waals surface area contributed by atoms with E-state index in [4.69, 9.17) is 0 Å². The number of hydrazone groups is 1. The first-order valence-corrected chi connectivity index (χ1v) is 7.73. The highest BCUT2D eigenvalue weighted by Gasteiger charge is 2.33. The molecule has 9 heteroatoms. The molecule has 0 fully saturated rings. The van der Waals surface area contributed by atoms with E-state index in [0.29, 0.717) is 11.6 Å². The highest BCUT2D eigenvalue weighted by Crippen LogP contribution is 2.34. The van der Waals surface area contributed by atoms with Crippen LogP contribution in [0.15, 0.2) is 72.1 Å². The molecule has 0 saturated carbocycles. The Morgan fingerprint density at radius 2 is 1.85 bits per heavy atom. The van der Waals surface area contributed by atoms with Gasteiger partial charge in [-0.3, -0.25) is 15.5 Å². The molecule has 1 heterocycles. The van der Waals surface area contributed by atoms with Crippen LogP contribution in [0.5, 0.6) is 0 Å². The van der Waals surface area contributed by atoms with Gasteiger partial charge in [0.1, 0.15) is 5.69 Å². The molecular weight excluding hydrogens is 361 g/mol. The zero-order valence-corrected chi connectivity index (χ0v) is 13.7. The molecule has 1 N–H and O–H groups in total. The third-order valence-corrected chi connectivity index (χ3v) is 3.69. The molecule has 1 aromatic heterocycles. The van der Waals surface area contributed by atoms with Crippen molar-refractivity contribution in [3.05, 3.63) is 88.2 Å². The zero-order chi connectivity index (χ0) is 19.4. The molecule has 0 radical (unpaired) electrons. The molecule has 2 aromatic carbocycles. The van der Waals surface area contributed by atoms with E-state index in [-0.39, 0.29) is 5.69 Å². The predicted molar refractivity (Wildman–Crippen MR) is 95.1 cm³/mol. The van der Waals surface area contributed by atoms with Gasteiger partial charge in [0.25, 0.3) is 5.69 Å². The number of hydrogen-bond donors (Lipinski definition) is 1. The second kappa shape index (κ2) is 7.32. The van der Waals surface area contributed by atoms with Gasteiger partial charge in [-0.2, -0.15) is 18.3 Å². The summed E-state index contributed by atoms with van der Waals surface area (Å²) >= 11 is 0. The van der Waals surface area contributed by atoms with Crippen LogP contribution in [-0.2, 0) is 6.18 Å². The van der Waals surface area contributed by atoms with Crippen LogP contribution in [0.3, 0.4) is 0 Å². The molecule has 0 bridgehead atoms. The Morgan fingerprint density at radius 3 is 2.52 bits per heavy atom. The number of nitro groups is 1. The summed E-state index contributed by atoms with van der Waals surface area (Å²) < 4.78 is 40.0. The van der Waals surface area contributed by atoms with Crippen molar-refractivity contribution in [1.82, 2.24) is 4.57 Å². The van der Waals surface area contributed by atoms with Gasteiger partial charge in [0.2, 0.25) is 0 Å². The Kier molecular flexibility index (Phi) is 4.93. The molecular formula is C18H13F3N4O2. The smallest absolute Gasteiger partial charge is 0.323 e. The van der Waals surface area contributed by atoms with Gasteiger partial charge < -0.3 is 4.57 Å². The second-order valence-electron chi connectivity index (χ2n) is 5.54. The van der Waals surface area contributed by atoms with Crippen molar-refractivity contribution < 1.29 is 18.1 Å². The molecule has 0 aliphatic carbocycles. The minimum Gasteiger partial charge on any atom is -0.323 e. The summed E-state index contributed by atoms with van der Waals surface area (Å²) in [5.74, 6) is 0. The van der Waals surface area contributed by atoms with Crippen LogP contribution in [0.4, 0.5) is 24.5 Å². The van der Waals surface area contributed by atoms with Crippen molar-refractivity contribution in [2.75, 3.05) is 5.43 Å². The maximum Gasteiger partial charge on any atom is 0.416 e. The fraction of sp³-hybridized carbons (Fsp3) is 0.0556. The van der Waals surface area contributed by atoms with Crippen molar-refractivity contribution in [3.8, 4) is 5.69 Å². The van der Waals surface area contributed by atoms with Crippen molar-refractivity contribution in [1.29, 1.82) is 0 Å². The first-order valence-electron chi connectivity index (χ1n) is 7.73. The highest BCUT2D eigenvalue weighted by atomic mass is 19.4. The van der Waals surface area contributed by atoms with Crippen molar-refractivity contribution in [2.45, 2.75) is 6.18 Å². The van der Waals surface area contributed by atoms with E-state index in [1.54, 1.807) is 12.3 Å². The van der Waals surface area contributed by atoms with Gasteiger partial charge in [-0.15, -0.1) is 0 Å². The lowest BCUT2D eigenvalue weighted by molar-refractivity contribution is -0.384. The number of aromatic nitrogens is 1. The van der Waals surface area contributed by atoms with Crippen LogP contribution < -0.4 is 5.43 Å². The minimum absolute atomic E-state index is 0.133. The first kappa shape index (κ1) is 18.2. The molecule has 6 nitrogen and oxygen atoms in total. The molecule has 27 heavy (non-hydrogen) atoms. The fourth-order valence-corrected chi connectivity index (χ4v) is 2.38. The Hall–Kier alpha value is -3.62. The van der Waals surface area contributed by atoms with Gasteiger partial charge in [0.15, 0.2) is 0 Å². The van der Waals surface area contributed by atoms with E-state index in [1.165, 1.54) is 6.21 Å². The van der Waals surface area contributed by atoms with Crippen LogP contribution in [0.25, 0.3) is 5.69 Å². The number of nitro benzene ring substituents is 1. The standard InChI is InChI=1S/C18H13F3N4O2/c19-18(20,21)14-6-7-16(17(10-14)25(26)27)23-22-11-13-8-9-24(12-13)15-4-2-1-3-5-15/h1-12,23H/b22-11+. The van der Waals surface area contributed by atoms with Crippen LogP contribution in [-0.4, -0.2) is 15.7 Å². The third kappa shape index (κ3) is 4.32. The maximum absolute atomic E-state index is 12.7. The van der Waals surface area contributed by atoms with Gasteiger partial charge in [-0.25, -0.2) is 0 Å². The molecule has 0 unspecified atom stereocenters. The van der Waals surface area contributed by atoms with E-state index in [9.17, 15) is 23.3 Å². The molecule has 0 spiro atoms. The largest absolute Gasteiger partial charge is 0.416 e. The number of rotatable bonds is 5. The summed E-state index contributed by atoms with van der Waals surface area (Å²) in [6, 6.07) is 13.5. The van der Waals surface area contributed by atoms with Gasteiger partial charge >= 0.3 is 6.18 Å². The number of halogens is 3. The third-order valence-electron chi connectivity index (χ3n) is 3.69. The molecule has 3 aromatic rings. The van der Waals surface area contributed by atoms with E-state index in [0.717, 1.165) is 17.8 Å². The van der Waals surface area contributed by atoms with Crippen LogP contribution in [0.1, 0.15) is 11.1 Å². The van der Waals surface area contributed by atoms with Crippen molar-refractivity contribution in [2.24, 2.45) is 5.10 Å². The predicted octanol–water partition coefficient (Wildman–Crippen LogP) is 4.85. The van der Waals surface area contributed by atoms with Gasteiger partial charge in [-0.1, -0.05) is 18.2 Å². The lowest BCUT2D eigenvalue weighted by Crippen LogP contribution is -2.06. The monoisotopic (exact) mass is 374 g/mol. The second-order valence-corrected chi connectivity index (χ2v) is 5.54. The van der Waals surface area contributed by atoms with Crippen molar-refractivity contribution >= 4 is 17.6 Å². The molecule has 138 valence electrons. The van der Waals surface area contributed by atoms with E-state index in [1.807, 2.05) is 41.1 Å². The summed E-state index contributed by atoms with van der Waals surface area (Å²) in [6.45, 7) is 0. The Labute approximate surface area is 151 Å². The summed E-state index contributed by atoms with van der Waals surface area (Å²) in [5, 5.41) is 14.9. The normalized spacial score (nSPS) is 11.7. The lowest BCUT2D eigenvalue weighted by atomic mass is 10.1. The zero-order valence-electron chi connectivity index (χ0n) is 13.7. The quantitative estimate of drug-likeness (QED) is 0.394. The summed E-state index contributed by atoms with van der Waals surface area (Å²) in [6.07, 6.45) is 0.368. The van der Waals surface area contributed by atoms with E-state index < -0.39 is 22.4 Å². The number of nitrogens with one attached hydrogen (secondary N) is 1. The number of benzene rings is 2. The van der Waals surface area contributed by atoms with Crippen LogP contribution in [0, 0.1) is 10.1 Å². The number of hydrogen-bond acceptors (Lipinski definition) is 4. The highest BCUT2D eigenvalue weighted by molar-refractivity contribution is 5.80. The maximum atomic E-state index is 12.7. The van der Waals surface area contributed by atoms with Crippen molar-refractivity contribution in [3.63, 3.8) is 0 Å². The molecule has 0 amide bonds. The SMILES string of the molecule is O=[N+]([O-])c1cc(C(F)(F)F)ccc1N/N=C/c1ccn(-c2ccccc2)c1. The molecule has 0 aliphatic rings. The number of anilines is 1.